The van der Waals surface area contributed by atoms with Gasteiger partial charge in [-0.05, 0) is 38.8 Å². The zero-order valence-electron chi connectivity index (χ0n) is 12.4. The number of pyridine rings is 1. The molecule has 0 spiro atoms. The van der Waals surface area contributed by atoms with E-state index in [0.29, 0.717) is 11.5 Å². The van der Waals surface area contributed by atoms with Crippen LogP contribution in [0.1, 0.15) is 48.7 Å². The topological polar surface area (TPSA) is 65.2 Å². The van der Waals surface area contributed by atoms with Crippen LogP contribution < -0.4 is 5.73 Å². The van der Waals surface area contributed by atoms with E-state index in [1.807, 2.05) is 30.3 Å². The fourth-order valence-electron chi connectivity index (χ4n) is 3.09. The molecule has 4 nitrogen and oxygen atoms in total. The second-order valence-corrected chi connectivity index (χ2v) is 6.27. The number of benzene rings is 1. The van der Waals surface area contributed by atoms with Crippen LogP contribution in [0.15, 0.2) is 30.3 Å². The molecule has 1 aliphatic rings. The molecule has 21 heavy (non-hydrogen) atoms. The minimum Gasteiger partial charge on any atom is -0.376 e. The van der Waals surface area contributed by atoms with Crippen molar-refractivity contribution in [2.24, 2.45) is 5.73 Å². The summed E-state index contributed by atoms with van der Waals surface area (Å²) in [7, 11) is 0. The molecule has 2 heterocycles. The van der Waals surface area contributed by atoms with Gasteiger partial charge in [-0.15, -0.1) is 0 Å². The van der Waals surface area contributed by atoms with Crippen LogP contribution in [0.25, 0.3) is 10.9 Å². The standard InChI is InChI=1S/C17H20N2O2/c1-17(2)10-11(7-8-21-17)15-9-13(16(18)20)12-5-3-4-6-14(12)19-15/h3-6,9,11H,7-8,10H2,1-2H3,(H2,18,20). The van der Waals surface area contributed by atoms with Gasteiger partial charge in [-0.1, -0.05) is 18.2 Å². The molecule has 1 saturated heterocycles. The van der Waals surface area contributed by atoms with E-state index in [2.05, 4.69) is 13.8 Å². The first kappa shape index (κ1) is 14.0. The highest BCUT2D eigenvalue weighted by atomic mass is 16.5. The van der Waals surface area contributed by atoms with Gasteiger partial charge in [-0.25, -0.2) is 0 Å². The van der Waals surface area contributed by atoms with Crippen molar-refractivity contribution in [1.82, 2.24) is 4.98 Å². The van der Waals surface area contributed by atoms with Crippen molar-refractivity contribution in [2.75, 3.05) is 6.61 Å². The smallest absolute Gasteiger partial charge is 0.249 e. The van der Waals surface area contributed by atoms with E-state index in [1.165, 1.54) is 0 Å². The Balaban J connectivity index is 2.09. The number of hydrogen-bond acceptors (Lipinski definition) is 3. The van der Waals surface area contributed by atoms with Crippen LogP contribution in [-0.2, 0) is 4.74 Å². The molecule has 0 bridgehead atoms. The molecule has 2 aromatic rings. The first-order valence-corrected chi connectivity index (χ1v) is 7.30. The van der Waals surface area contributed by atoms with Gasteiger partial charge in [-0.3, -0.25) is 9.78 Å². The number of para-hydroxylation sites is 1. The molecule has 2 N–H and O–H groups in total. The summed E-state index contributed by atoms with van der Waals surface area (Å²) in [4.78, 5) is 16.5. The van der Waals surface area contributed by atoms with Crippen molar-refractivity contribution in [2.45, 2.75) is 38.2 Å². The van der Waals surface area contributed by atoms with E-state index in [-0.39, 0.29) is 5.60 Å². The number of hydrogen-bond donors (Lipinski definition) is 1. The average Bonchev–Trinajstić information content (AvgIpc) is 2.45. The number of nitrogens with zero attached hydrogens (tertiary/aromatic N) is 1. The predicted octanol–water partition coefficient (Wildman–Crippen LogP) is 3.01. The fraction of sp³-hybridized carbons (Fsp3) is 0.412. The zero-order chi connectivity index (χ0) is 15.0. The Hall–Kier alpha value is -1.94. The van der Waals surface area contributed by atoms with Crippen LogP contribution in [0.2, 0.25) is 0 Å². The third kappa shape index (κ3) is 2.76. The highest BCUT2D eigenvalue weighted by molar-refractivity contribution is 6.05. The largest absolute Gasteiger partial charge is 0.376 e. The minimum atomic E-state index is -0.402. The Bertz CT molecular complexity index is 694. The van der Waals surface area contributed by atoms with Crippen LogP contribution >= 0.6 is 0 Å². The van der Waals surface area contributed by atoms with Gasteiger partial charge < -0.3 is 10.5 Å². The van der Waals surface area contributed by atoms with E-state index in [1.54, 1.807) is 0 Å². The third-order valence-electron chi connectivity index (χ3n) is 4.12. The molecule has 0 radical (unpaired) electrons. The molecule has 1 amide bonds. The Morgan fingerprint density at radius 3 is 2.86 bits per heavy atom. The molecule has 0 saturated carbocycles. The molecule has 1 fully saturated rings. The number of ether oxygens (including phenoxy) is 1. The number of primary amides is 1. The van der Waals surface area contributed by atoms with Gasteiger partial charge in [0, 0.05) is 23.6 Å². The molecule has 110 valence electrons. The second kappa shape index (κ2) is 5.11. The number of fused-ring (bicyclic) bond motifs is 1. The van der Waals surface area contributed by atoms with Gasteiger partial charge in [0.1, 0.15) is 0 Å². The van der Waals surface area contributed by atoms with E-state index in [0.717, 1.165) is 36.0 Å². The summed E-state index contributed by atoms with van der Waals surface area (Å²) in [6.45, 7) is 4.91. The molecule has 3 rings (SSSR count). The lowest BCUT2D eigenvalue weighted by molar-refractivity contribution is -0.0597. The molecule has 4 heteroatoms. The normalized spacial score (nSPS) is 21.3. The summed E-state index contributed by atoms with van der Waals surface area (Å²) in [5.74, 6) is -0.0994. The summed E-state index contributed by atoms with van der Waals surface area (Å²) in [5.41, 5.74) is 7.72. The minimum absolute atomic E-state index is 0.150. The molecule has 1 aliphatic heterocycles. The Labute approximate surface area is 124 Å². The van der Waals surface area contributed by atoms with Crippen molar-refractivity contribution in [3.63, 3.8) is 0 Å². The second-order valence-electron chi connectivity index (χ2n) is 6.27. The average molecular weight is 284 g/mol. The van der Waals surface area contributed by atoms with Crippen LogP contribution in [0.4, 0.5) is 0 Å². The number of rotatable bonds is 2. The number of carbonyl (C=O) groups is 1. The maximum Gasteiger partial charge on any atom is 0.249 e. The van der Waals surface area contributed by atoms with Crippen LogP contribution in [-0.4, -0.2) is 23.1 Å². The Kier molecular flexibility index (Phi) is 3.41. The van der Waals surface area contributed by atoms with Crippen LogP contribution in [0.3, 0.4) is 0 Å². The zero-order valence-corrected chi connectivity index (χ0v) is 12.4. The van der Waals surface area contributed by atoms with E-state index < -0.39 is 5.91 Å². The van der Waals surface area contributed by atoms with Crippen LogP contribution in [0.5, 0.6) is 0 Å². The Morgan fingerprint density at radius 2 is 2.14 bits per heavy atom. The SMILES string of the molecule is CC1(C)CC(c2cc(C(N)=O)c3ccccc3n2)CCO1. The summed E-state index contributed by atoms with van der Waals surface area (Å²) in [5, 5.41) is 0.820. The lowest BCUT2D eigenvalue weighted by Crippen LogP contribution is -2.33. The van der Waals surface area contributed by atoms with E-state index in [9.17, 15) is 4.79 Å². The molecule has 1 aromatic heterocycles. The highest BCUT2D eigenvalue weighted by Crippen LogP contribution is 2.36. The maximum absolute atomic E-state index is 11.7. The van der Waals surface area contributed by atoms with Crippen molar-refractivity contribution in [3.8, 4) is 0 Å². The van der Waals surface area contributed by atoms with Crippen LogP contribution in [0, 0.1) is 0 Å². The van der Waals surface area contributed by atoms with Gasteiger partial charge in [0.2, 0.25) is 5.91 Å². The third-order valence-corrected chi connectivity index (χ3v) is 4.12. The predicted molar refractivity (Wildman–Crippen MR) is 82.3 cm³/mol. The number of amides is 1. The lowest BCUT2D eigenvalue weighted by atomic mass is 9.85. The number of carbonyl (C=O) groups excluding carboxylic acids is 1. The summed E-state index contributed by atoms with van der Waals surface area (Å²) in [6, 6.07) is 9.50. The van der Waals surface area contributed by atoms with Crippen molar-refractivity contribution in [3.05, 3.63) is 41.6 Å². The van der Waals surface area contributed by atoms with Gasteiger partial charge in [0.05, 0.1) is 16.7 Å². The molecule has 0 aliphatic carbocycles. The van der Waals surface area contributed by atoms with Gasteiger partial charge in [0.15, 0.2) is 0 Å². The van der Waals surface area contributed by atoms with Crippen molar-refractivity contribution >= 4 is 16.8 Å². The highest BCUT2D eigenvalue weighted by Gasteiger charge is 2.31. The lowest BCUT2D eigenvalue weighted by Gasteiger charge is -2.35. The van der Waals surface area contributed by atoms with E-state index >= 15 is 0 Å². The molecule has 1 atom stereocenters. The van der Waals surface area contributed by atoms with Gasteiger partial charge in [-0.2, -0.15) is 0 Å². The quantitative estimate of drug-likeness (QED) is 0.922. The molecular weight excluding hydrogens is 264 g/mol. The fourth-order valence-corrected chi connectivity index (χ4v) is 3.09. The monoisotopic (exact) mass is 284 g/mol. The van der Waals surface area contributed by atoms with Gasteiger partial charge >= 0.3 is 0 Å². The van der Waals surface area contributed by atoms with Crippen molar-refractivity contribution in [1.29, 1.82) is 0 Å². The maximum atomic E-state index is 11.7. The summed E-state index contributed by atoms with van der Waals surface area (Å²) >= 11 is 0. The van der Waals surface area contributed by atoms with Crippen molar-refractivity contribution < 1.29 is 9.53 Å². The van der Waals surface area contributed by atoms with Gasteiger partial charge in [0.25, 0.3) is 0 Å². The number of nitrogens with two attached hydrogens (primary N) is 1. The van der Waals surface area contributed by atoms with E-state index in [4.69, 9.17) is 15.5 Å². The molecule has 1 unspecified atom stereocenters. The Morgan fingerprint density at radius 1 is 1.38 bits per heavy atom. The first-order chi connectivity index (χ1) is 9.96. The summed E-state index contributed by atoms with van der Waals surface area (Å²) < 4.78 is 5.76. The number of aromatic nitrogens is 1. The molecular formula is C17H20N2O2. The first-order valence-electron chi connectivity index (χ1n) is 7.30. The molecule has 1 aromatic carbocycles. The summed E-state index contributed by atoms with van der Waals surface area (Å²) in [6.07, 6.45) is 1.82.